The van der Waals surface area contributed by atoms with Crippen LogP contribution in [0.1, 0.15) is 12.8 Å². The maximum Gasteiger partial charge on any atom is 0.306 e. The van der Waals surface area contributed by atoms with E-state index < -0.39 is 21.9 Å². The summed E-state index contributed by atoms with van der Waals surface area (Å²) in [5.74, 6) is -1.38. The number of nitrogens with zero attached hydrogens (tertiary/aromatic N) is 1. The lowest BCUT2D eigenvalue weighted by molar-refractivity contribution is -0.145. The van der Waals surface area contributed by atoms with E-state index in [9.17, 15) is 13.2 Å². The summed E-state index contributed by atoms with van der Waals surface area (Å²) in [7, 11) is -3.81. The van der Waals surface area contributed by atoms with Crippen molar-refractivity contribution >= 4 is 38.5 Å². The fraction of sp³-hybridized carbons (Fsp3) is 0.286. The lowest BCUT2D eigenvalue weighted by atomic mass is 9.81. The van der Waals surface area contributed by atoms with Gasteiger partial charge in [-0.15, -0.1) is 0 Å². The molecule has 0 atom stereocenters. The number of hydrogen-bond donors (Lipinski definition) is 2. The van der Waals surface area contributed by atoms with E-state index in [1.165, 1.54) is 12.3 Å². The number of fused-ring (bicyclic) bond motifs is 1. The molecule has 1 heterocycles. The van der Waals surface area contributed by atoms with Gasteiger partial charge in [-0.3, -0.25) is 9.78 Å². The van der Waals surface area contributed by atoms with E-state index in [2.05, 4.69) is 9.71 Å². The van der Waals surface area contributed by atoms with Crippen LogP contribution < -0.4 is 4.72 Å². The first-order valence-electron chi connectivity index (χ1n) is 6.66. The summed E-state index contributed by atoms with van der Waals surface area (Å²) in [6.07, 6.45) is 2.10. The number of pyridine rings is 1. The van der Waals surface area contributed by atoms with Gasteiger partial charge in [0.05, 0.1) is 11.4 Å². The Balaban J connectivity index is 1.91. The van der Waals surface area contributed by atoms with Crippen LogP contribution in [0.2, 0.25) is 5.02 Å². The molecule has 0 amide bonds. The lowest BCUT2D eigenvalue weighted by Crippen LogP contribution is -2.46. The second-order valence-corrected chi connectivity index (χ2v) is 7.42. The fourth-order valence-corrected chi connectivity index (χ4v) is 4.28. The van der Waals surface area contributed by atoms with Crippen LogP contribution >= 0.6 is 11.6 Å². The number of sulfonamides is 1. The van der Waals surface area contributed by atoms with Gasteiger partial charge in [0.1, 0.15) is 4.90 Å². The molecule has 22 heavy (non-hydrogen) atoms. The number of halogens is 1. The first-order valence-corrected chi connectivity index (χ1v) is 8.52. The maximum absolute atomic E-state index is 12.5. The van der Waals surface area contributed by atoms with Crippen molar-refractivity contribution in [2.45, 2.75) is 23.8 Å². The molecular weight excluding hydrogens is 328 g/mol. The number of carboxylic acids is 1. The van der Waals surface area contributed by atoms with Gasteiger partial charge in [-0.1, -0.05) is 17.7 Å². The number of benzene rings is 1. The zero-order chi connectivity index (χ0) is 15.9. The molecular formula is C14H13ClN2O4S. The molecule has 116 valence electrons. The highest BCUT2D eigenvalue weighted by Crippen LogP contribution is 2.31. The quantitative estimate of drug-likeness (QED) is 0.887. The van der Waals surface area contributed by atoms with Crippen molar-refractivity contribution in [3.05, 3.63) is 35.5 Å². The zero-order valence-electron chi connectivity index (χ0n) is 11.4. The third kappa shape index (κ3) is 2.79. The Bertz CT molecular complexity index is 847. The predicted octanol–water partition coefficient (Wildman–Crippen LogP) is 2.03. The number of aliphatic carboxylic acids is 1. The summed E-state index contributed by atoms with van der Waals surface area (Å²) >= 11 is 5.98. The monoisotopic (exact) mass is 340 g/mol. The predicted molar refractivity (Wildman–Crippen MR) is 81.2 cm³/mol. The second kappa shape index (κ2) is 5.49. The van der Waals surface area contributed by atoms with Gasteiger partial charge in [-0.2, -0.15) is 0 Å². The Hall–Kier alpha value is -1.70. The van der Waals surface area contributed by atoms with Gasteiger partial charge in [-0.25, -0.2) is 13.1 Å². The number of hydrogen-bond acceptors (Lipinski definition) is 4. The van der Waals surface area contributed by atoms with E-state index in [1.807, 2.05) is 0 Å². The van der Waals surface area contributed by atoms with Crippen molar-refractivity contribution in [2.75, 3.05) is 0 Å². The van der Waals surface area contributed by atoms with Gasteiger partial charge in [0, 0.05) is 22.6 Å². The van der Waals surface area contributed by atoms with Crippen molar-refractivity contribution in [1.82, 2.24) is 9.71 Å². The molecule has 1 aromatic carbocycles. The summed E-state index contributed by atoms with van der Waals surface area (Å²) in [4.78, 5) is 14.9. The number of carboxylic acid groups (broad SMARTS) is 1. The van der Waals surface area contributed by atoms with Crippen molar-refractivity contribution < 1.29 is 18.3 Å². The number of nitrogens with one attached hydrogen (secondary N) is 1. The van der Waals surface area contributed by atoms with Crippen LogP contribution in [0.5, 0.6) is 0 Å². The molecule has 1 fully saturated rings. The standard InChI is InChI=1S/C14H13ClN2O4S/c15-10-4-8-2-1-3-16-13(8)12(7-10)22(20,21)17-11-5-9(6-11)14(18)19/h1-4,7,9,11,17H,5-6H2,(H,18,19). The smallest absolute Gasteiger partial charge is 0.306 e. The van der Waals surface area contributed by atoms with Crippen LogP contribution in [0.15, 0.2) is 35.4 Å². The van der Waals surface area contributed by atoms with Crippen LogP contribution in [0.3, 0.4) is 0 Å². The Labute approximate surface area is 132 Å². The number of carbonyl (C=O) groups is 1. The highest BCUT2D eigenvalue weighted by atomic mass is 35.5. The highest BCUT2D eigenvalue weighted by molar-refractivity contribution is 7.89. The van der Waals surface area contributed by atoms with E-state index in [4.69, 9.17) is 16.7 Å². The molecule has 1 aliphatic carbocycles. The van der Waals surface area contributed by atoms with Crippen molar-refractivity contribution in [3.8, 4) is 0 Å². The molecule has 0 saturated heterocycles. The minimum absolute atomic E-state index is 0.00868. The van der Waals surface area contributed by atoms with Gasteiger partial charge in [0.25, 0.3) is 0 Å². The average molecular weight is 341 g/mol. The molecule has 1 aromatic heterocycles. The van der Waals surface area contributed by atoms with E-state index in [1.54, 1.807) is 18.2 Å². The van der Waals surface area contributed by atoms with Crippen LogP contribution in [-0.2, 0) is 14.8 Å². The van der Waals surface area contributed by atoms with Gasteiger partial charge in [0.2, 0.25) is 10.0 Å². The molecule has 0 unspecified atom stereocenters. The molecule has 8 heteroatoms. The van der Waals surface area contributed by atoms with E-state index in [0.717, 1.165) is 0 Å². The summed E-state index contributed by atoms with van der Waals surface area (Å²) < 4.78 is 27.6. The third-order valence-corrected chi connectivity index (χ3v) is 5.49. The van der Waals surface area contributed by atoms with Crippen LogP contribution in [0, 0.1) is 5.92 Å². The normalized spacial score (nSPS) is 21.5. The fourth-order valence-electron chi connectivity index (χ4n) is 2.53. The lowest BCUT2D eigenvalue weighted by Gasteiger charge is -2.32. The van der Waals surface area contributed by atoms with E-state index in [-0.39, 0.29) is 10.9 Å². The molecule has 2 N–H and O–H groups in total. The highest BCUT2D eigenvalue weighted by Gasteiger charge is 2.37. The molecule has 0 radical (unpaired) electrons. The van der Waals surface area contributed by atoms with Crippen molar-refractivity contribution in [3.63, 3.8) is 0 Å². The zero-order valence-corrected chi connectivity index (χ0v) is 12.9. The summed E-state index contributed by atoms with van der Waals surface area (Å²) in [5.41, 5.74) is 0.341. The molecule has 6 nitrogen and oxygen atoms in total. The maximum atomic E-state index is 12.5. The Morgan fingerprint density at radius 1 is 1.36 bits per heavy atom. The minimum Gasteiger partial charge on any atom is -0.481 e. The van der Waals surface area contributed by atoms with Gasteiger partial charge in [-0.05, 0) is 31.0 Å². The summed E-state index contributed by atoms with van der Waals surface area (Å²) in [5, 5.41) is 9.77. The third-order valence-electron chi connectivity index (χ3n) is 3.73. The van der Waals surface area contributed by atoms with Gasteiger partial charge >= 0.3 is 5.97 Å². The molecule has 1 aliphatic rings. The molecule has 1 saturated carbocycles. The minimum atomic E-state index is -3.81. The number of aromatic nitrogens is 1. The average Bonchev–Trinajstić information content (AvgIpc) is 2.41. The van der Waals surface area contributed by atoms with Crippen molar-refractivity contribution in [1.29, 1.82) is 0 Å². The molecule has 0 spiro atoms. The van der Waals surface area contributed by atoms with Crippen LogP contribution in [0.25, 0.3) is 10.9 Å². The first-order chi connectivity index (χ1) is 10.4. The molecule has 3 rings (SSSR count). The number of rotatable bonds is 4. The Morgan fingerprint density at radius 3 is 2.77 bits per heavy atom. The largest absolute Gasteiger partial charge is 0.481 e. The molecule has 2 aromatic rings. The van der Waals surface area contributed by atoms with E-state index in [0.29, 0.717) is 28.8 Å². The van der Waals surface area contributed by atoms with E-state index >= 15 is 0 Å². The topological polar surface area (TPSA) is 96.4 Å². The summed E-state index contributed by atoms with van der Waals surface area (Å²) in [6, 6.07) is 6.06. The molecule has 0 aliphatic heterocycles. The summed E-state index contributed by atoms with van der Waals surface area (Å²) in [6.45, 7) is 0. The van der Waals surface area contributed by atoms with Crippen LogP contribution in [0.4, 0.5) is 0 Å². The molecule has 0 bridgehead atoms. The second-order valence-electron chi connectivity index (χ2n) is 5.30. The van der Waals surface area contributed by atoms with Gasteiger partial charge in [0.15, 0.2) is 0 Å². The first kappa shape index (κ1) is 15.2. The van der Waals surface area contributed by atoms with Crippen LogP contribution in [-0.4, -0.2) is 30.5 Å². The SMILES string of the molecule is O=C(O)C1CC(NS(=O)(=O)c2cc(Cl)cc3cccnc23)C1. The Kier molecular flexibility index (Phi) is 3.80. The Morgan fingerprint density at radius 2 is 2.09 bits per heavy atom. The van der Waals surface area contributed by atoms with Gasteiger partial charge < -0.3 is 5.11 Å². The van der Waals surface area contributed by atoms with Crippen molar-refractivity contribution in [2.24, 2.45) is 5.92 Å².